The fraction of sp³-hybridized carbons (Fsp3) is 0.444. The average molecular weight is 271 g/mol. The van der Waals surface area contributed by atoms with Crippen LogP contribution in [0.1, 0.15) is 49.3 Å². The maximum atomic E-state index is 5.55. The van der Waals surface area contributed by atoms with Gasteiger partial charge in [0.2, 0.25) is 0 Å². The molecule has 0 aliphatic heterocycles. The minimum absolute atomic E-state index is 0.205. The summed E-state index contributed by atoms with van der Waals surface area (Å²) in [5.41, 5.74) is 3.93. The molecule has 2 nitrogen and oxygen atoms in total. The Morgan fingerprint density at radius 1 is 1.10 bits per heavy atom. The Kier molecular flexibility index (Phi) is 5.02. The summed E-state index contributed by atoms with van der Waals surface area (Å²) in [6, 6.07) is 11.2. The van der Waals surface area contributed by atoms with E-state index >= 15 is 0 Å². The number of hydrogen-bond acceptors (Lipinski definition) is 2. The molecule has 0 aliphatic rings. The number of hydrogen-bond donors (Lipinski definition) is 1. The van der Waals surface area contributed by atoms with Crippen molar-refractivity contribution in [1.29, 1.82) is 0 Å². The van der Waals surface area contributed by atoms with E-state index < -0.39 is 0 Å². The summed E-state index contributed by atoms with van der Waals surface area (Å²) in [6.45, 7) is 6.63. The minimum Gasteiger partial charge on any atom is -0.469 e. The zero-order valence-electron chi connectivity index (χ0n) is 12.9. The van der Waals surface area contributed by atoms with Crippen molar-refractivity contribution in [2.24, 2.45) is 5.92 Å². The molecular weight excluding hydrogens is 246 g/mol. The molecule has 1 N–H and O–H groups in total. The molecule has 0 radical (unpaired) electrons. The summed E-state index contributed by atoms with van der Waals surface area (Å²) in [4.78, 5) is 0. The van der Waals surface area contributed by atoms with E-state index in [1.807, 2.05) is 7.05 Å². The van der Waals surface area contributed by atoms with E-state index in [0.717, 1.165) is 18.6 Å². The molecule has 0 aliphatic carbocycles. The molecule has 1 atom stereocenters. The minimum atomic E-state index is 0.205. The van der Waals surface area contributed by atoms with E-state index in [-0.39, 0.29) is 6.04 Å². The van der Waals surface area contributed by atoms with E-state index in [1.54, 1.807) is 6.26 Å². The van der Waals surface area contributed by atoms with E-state index in [0.29, 0.717) is 5.92 Å². The molecule has 1 heterocycles. The summed E-state index contributed by atoms with van der Waals surface area (Å²) < 4.78 is 5.55. The molecule has 0 fully saturated rings. The summed E-state index contributed by atoms with van der Waals surface area (Å²) in [5, 5.41) is 3.40. The fourth-order valence-electron chi connectivity index (χ4n) is 2.71. The van der Waals surface area contributed by atoms with Gasteiger partial charge in [0.05, 0.1) is 12.3 Å². The van der Waals surface area contributed by atoms with Gasteiger partial charge in [0.25, 0.3) is 0 Å². The first-order valence-electron chi connectivity index (χ1n) is 7.48. The SMILES string of the molecule is CCc1occc1C(NC)c1ccc(CC(C)C)cc1. The lowest BCUT2D eigenvalue weighted by atomic mass is 9.95. The van der Waals surface area contributed by atoms with E-state index in [1.165, 1.54) is 16.7 Å². The van der Waals surface area contributed by atoms with Gasteiger partial charge in [-0.3, -0.25) is 0 Å². The van der Waals surface area contributed by atoms with Crippen molar-refractivity contribution in [2.75, 3.05) is 7.05 Å². The highest BCUT2D eigenvalue weighted by Gasteiger charge is 2.17. The molecule has 0 amide bonds. The third-order valence-corrected chi connectivity index (χ3v) is 3.66. The predicted octanol–water partition coefficient (Wildman–Crippen LogP) is 4.35. The first-order valence-corrected chi connectivity index (χ1v) is 7.48. The fourth-order valence-corrected chi connectivity index (χ4v) is 2.71. The standard InChI is InChI=1S/C18H25NO/c1-5-17-16(10-11-20-17)18(19-4)15-8-6-14(7-9-15)12-13(2)3/h6-11,13,18-19H,5,12H2,1-4H3. The van der Waals surface area contributed by atoms with Crippen LogP contribution in [0.25, 0.3) is 0 Å². The highest BCUT2D eigenvalue weighted by molar-refractivity contribution is 5.35. The molecule has 2 rings (SSSR count). The van der Waals surface area contributed by atoms with Crippen LogP contribution in [0.3, 0.4) is 0 Å². The summed E-state index contributed by atoms with van der Waals surface area (Å²) in [7, 11) is 2.00. The van der Waals surface area contributed by atoms with Crippen molar-refractivity contribution in [3.8, 4) is 0 Å². The topological polar surface area (TPSA) is 25.2 Å². The van der Waals surface area contributed by atoms with Gasteiger partial charge in [-0.25, -0.2) is 0 Å². The third-order valence-electron chi connectivity index (χ3n) is 3.66. The van der Waals surface area contributed by atoms with Crippen molar-refractivity contribution in [3.63, 3.8) is 0 Å². The van der Waals surface area contributed by atoms with E-state index in [2.05, 4.69) is 56.4 Å². The number of furan rings is 1. The number of nitrogens with one attached hydrogen (secondary N) is 1. The molecule has 2 heteroatoms. The van der Waals surface area contributed by atoms with Gasteiger partial charge in [0.15, 0.2) is 0 Å². The van der Waals surface area contributed by atoms with Crippen LogP contribution in [0.2, 0.25) is 0 Å². The second kappa shape index (κ2) is 6.76. The Labute approximate surface area is 122 Å². The molecule has 0 bridgehead atoms. The Balaban J connectivity index is 2.24. The maximum absolute atomic E-state index is 5.55. The number of benzene rings is 1. The van der Waals surface area contributed by atoms with Gasteiger partial charge in [-0.1, -0.05) is 45.0 Å². The van der Waals surface area contributed by atoms with Crippen LogP contribution in [0.15, 0.2) is 41.0 Å². The van der Waals surface area contributed by atoms with Crippen molar-refractivity contribution in [2.45, 2.75) is 39.7 Å². The molecule has 108 valence electrons. The van der Waals surface area contributed by atoms with Gasteiger partial charge in [-0.15, -0.1) is 0 Å². The summed E-state index contributed by atoms with van der Waals surface area (Å²) in [5.74, 6) is 1.76. The maximum Gasteiger partial charge on any atom is 0.108 e. The number of aryl methyl sites for hydroxylation is 1. The molecule has 20 heavy (non-hydrogen) atoms. The van der Waals surface area contributed by atoms with E-state index in [9.17, 15) is 0 Å². The van der Waals surface area contributed by atoms with Crippen molar-refractivity contribution < 1.29 is 4.42 Å². The van der Waals surface area contributed by atoms with Crippen LogP contribution in [0.5, 0.6) is 0 Å². The average Bonchev–Trinajstić information content (AvgIpc) is 2.89. The Hall–Kier alpha value is -1.54. The van der Waals surface area contributed by atoms with E-state index in [4.69, 9.17) is 4.42 Å². The van der Waals surface area contributed by atoms with Crippen LogP contribution < -0.4 is 5.32 Å². The Morgan fingerprint density at radius 2 is 1.80 bits per heavy atom. The number of rotatable bonds is 6. The van der Waals surface area contributed by atoms with Crippen LogP contribution >= 0.6 is 0 Å². The molecule has 0 saturated carbocycles. The summed E-state index contributed by atoms with van der Waals surface area (Å²) >= 11 is 0. The molecule has 0 spiro atoms. The van der Waals surface area contributed by atoms with Gasteiger partial charge >= 0.3 is 0 Å². The normalized spacial score (nSPS) is 12.8. The van der Waals surface area contributed by atoms with Crippen molar-refractivity contribution >= 4 is 0 Å². The van der Waals surface area contributed by atoms with Crippen LogP contribution in [-0.4, -0.2) is 7.05 Å². The highest BCUT2D eigenvalue weighted by Crippen LogP contribution is 2.26. The van der Waals surface area contributed by atoms with Crippen molar-refractivity contribution in [3.05, 3.63) is 59.0 Å². The van der Waals surface area contributed by atoms with Gasteiger partial charge < -0.3 is 9.73 Å². The zero-order chi connectivity index (χ0) is 14.5. The quantitative estimate of drug-likeness (QED) is 0.845. The lowest BCUT2D eigenvalue weighted by Gasteiger charge is -2.17. The Bertz CT molecular complexity index is 525. The van der Waals surface area contributed by atoms with Gasteiger partial charge in [-0.05, 0) is 36.6 Å². The van der Waals surface area contributed by atoms with Crippen molar-refractivity contribution in [1.82, 2.24) is 5.32 Å². The predicted molar refractivity (Wildman–Crippen MR) is 84.0 cm³/mol. The Morgan fingerprint density at radius 3 is 2.35 bits per heavy atom. The molecular formula is C18H25NO. The second-order valence-electron chi connectivity index (χ2n) is 5.71. The first kappa shape index (κ1) is 14.9. The van der Waals surface area contributed by atoms with Gasteiger partial charge in [0.1, 0.15) is 5.76 Å². The highest BCUT2D eigenvalue weighted by atomic mass is 16.3. The molecule has 1 aromatic carbocycles. The lowest BCUT2D eigenvalue weighted by molar-refractivity contribution is 0.505. The van der Waals surface area contributed by atoms with Crippen LogP contribution in [0, 0.1) is 5.92 Å². The second-order valence-corrected chi connectivity index (χ2v) is 5.71. The smallest absolute Gasteiger partial charge is 0.108 e. The molecule has 1 aromatic heterocycles. The third kappa shape index (κ3) is 3.31. The molecule has 2 aromatic rings. The molecule has 1 unspecified atom stereocenters. The van der Waals surface area contributed by atoms with Crippen LogP contribution in [0.4, 0.5) is 0 Å². The first-order chi connectivity index (χ1) is 9.65. The van der Waals surface area contributed by atoms with Gasteiger partial charge in [-0.2, -0.15) is 0 Å². The zero-order valence-corrected chi connectivity index (χ0v) is 12.9. The monoisotopic (exact) mass is 271 g/mol. The van der Waals surface area contributed by atoms with Gasteiger partial charge in [0, 0.05) is 12.0 Å². The summed E-state index contributed by atoms with van der Waals surface area (Å²) in [6.07, 6.45) is 3.84. The largest absolute Gasteiger partial charge is 0.469 e. The van der Waals surface area contributed by atoms with Crippen LogP contribution in [-0.2, 0) is 12.8 Å². The molecule has 0 saturated heterocycles. The lowest BCUT2D eigenvalue weighted by Crippen LogP contribution is -2.18.